The van der Waals surface area contributed by atoms with Gasteiger partial charge in [-0.05, 0) is 43.9 Å². The van der Waals surface area contributed by atoms with Crippen LogP contribution >= 0.6 is 0 Å². The van der Waals surface area contributed by atoms with Crippen molar-refractivity contribution in [3.8, 4) is 0 Å². The Hall–Kier alpha value is -1.84. The first-order valence-corrected chi connectivity index (χ1v) is 8.03. The van der Waals surface area contributed by atoms with Crippen LogP contribution in [0.25, 0.3) is 0 Å². The Morgan fingerprint density at radius 2 is 1.82 bits per heavy atom. The van der Waals surface area contributed by atoms with Gasteiger partial charge in [-0.2, -0.15) is 0 Å². The Morgan fingerprint density at radius 3 is 2.36 bits per heavy atom. The molecule has 0 aromatic heterocycles. The van der Waals surface area contributed by atoms with Gasteiger partial charge < -0.3 is 10.2 Å². The molecule has 1 aromatic carbocycles. The van der Waals surface area contributed by atoms with Crippen molar-refractivity contribution in [3.05, 3.63) is 29.3 Å². The summed E-state index contributed by atoms with van der Waals surface area (Å²) in [5, 5.41) is 2.94. The summed E-state index contributed by atoms with van der Waals surface area (Å²) in [6.07, 6.45) is 1.69. The second kappa shape index (κ2) is 8.57. The van der Waals surface area contributed by atoms with E-state index >= 15 is 0 Å². The van der Waals surface area contributed by atoms with Gasteiger partial charge in [-0.1, -0.05) is 26.0 Å². The van der Waals surface area contributed by atoms with Crippen molar-refractivity contribution in [2.45, 2.75) is 47.5 Å². The molecule has 1 rings (SSSR count). The molecule has 0 saturated carbocycles. The molecule has 122 valence electrons. The van der Waals surface area contributed by atoms with Crippen molar-refractivity contribution >= 4 is 17.5 Å². The molecular weight excluding hydrogens is 276 g/mol. The number of nitrogens with one attached hydrogen (secondary N) is 1. The van der Waals surface area contributed by atoms with Gasteiger partial charge in [-0.15, -0.1) is 0 Å². The lowest BCUT2D eigenvalue weighted by atomic mass is 10.0. The van der Waals surface area contributed by atoms with Gasteiger partial charge >= 0.3 is 0 Å². The Morgan fingerprint density at radius 1 is 1.18 bits per heavy atom. The highest BCUT2D eigenvalue weighted by molar-refractivity contribution is 5.92. The third-order valence-corrected chi connectivity index (χ3v) is 4.03. The summed E-state index contributed by atoms with van der Waals surface area (Å²) in [4.78, 5) is 25.7. The quantitative estimate of drug-likeness (QED) is 0.841. The van der Waals surface area contributed by atoms with Crippen LogP contribution in [-0.4, -0.2) is 24.9 Å². The second-order valence-electron chi connectivity index (χ2n) is 5.77. The van der Waals surface area contributed by atoms with Gasteiger partial charge in [0.25, 0.3) is 0 Å². The van der Waals surface area contributed by atoms with Gasteiger partial charge in [0.2, 0.25) is 11.8 Å². The molecule has 0 atom stereocenters. The highest BCUT2D eigenvalue weighted by atomic mass is 16.2. The Kier molecular flexibility index (Phi) is 7.09. The van der Waals surface area contributed by atoms with Crippen LogP contribution < -0.4 is 10.2 Å². The van der Waals surface area contributed by atoms with E-state index in [2.05, 4.69) is 5.32 Å². The summed E-state index contributed by atoms with van der Waals surface area (Å²) >= 11 is 0. The van der Waals surface area contributed by atoms with E-state index in [0.717, 1.165) is 29.7 Å². The van der Waals surface area contributed by atoms with Crippen LogP contribution in [0.1, 0.15) is 44.7 Å². The minimum absolute atomic E-state index is 0.00881. The number of hydrogen-bond donors (Lipinski definition) is 1. The molecule has 0 aliphatic rings. The summed E-state index contributed by atoms with van der Waals surface area (Å²) in [5.74, 6) is 0.131. The van der Waals surface area contributed by atoms with E-state index in [-0.39, 0.29) is 17.7 Å². The maximum absolute atomic E-state index is 12.0. The first-order chi connectivity index (χ1) is 10.4. The van der Waals surface area contributed by atoms with Gasteiger partial charge in [-0.3, -0.25) is 9.59 Å². The predicted octanol–water partition coefficient (Wildman–Crippen LogP) is 3.21. The smallest absolute Gasteiger partial charge is 0.223 e. The number of aryl methyl sites for hydroxylation is 2. The van der Waals surface area contributed by atoms with Crippen LogP contribution in [0.4, 0.5) is 5.69 Å². The molecule has 1 aromatic rings. The molecular formula is C18H28N2O2. The fourth-order valence-electron chi connectivity index (χ4n) is 2.55. The average Bonchev–Trinajstić information content (AvgIpc) is 2.47. The molecule has 0 fully saturated rings. The maximum atomic E-state index is 12.0. The van der Waals surface area contributed by atoms with Crippen molar-refractivity contribution in [3.63, 3.8) is 0 Å². The molecule has 0 aliphatic carbocycles. The largest absolute Gasteiger partial charge is 0.354 e. The maximum Gasteiger partial charge on any atom is 0.223 e. The van der Waals surface area contributed by atoms with E-state index in [9.17, 15) is 9.59 Å². The molecule has 1 N–H and O–H groups in total. The van der Waals surface area contributed by atoms with Crippen LogP contribution in [-0.2, 0) is 9.59 Å². The summed E-state index contributed by atoms with van der Waals surface area (Å²) < 4.78 is 0. The monoisotopic (exact) mass is 304 g/mol. The van der Waals surface area contributed by atoms with E-state index in [1.165, 1.54) is 0 Å². The lowest BCUT2D eigenvalue weighted by Crippen LogP contribution is -2.39. The average molecular weight is 304 g/mol. The van der Waals surface area contributed by atoms with Gasteiger partial charge in [0.15, 0.2) is 0 Å². The van der Waals surface area contributed by atoms with E-state index < -0.39 is 0 Å². The van der Waals surface area contributed by atoms with Crippen molar-refractivity contribution in [1.29, 1.82) is 0 Å². The Balaban J connectivity index is 2.72. The first-order valence-electron chi connectivity index (χ1n) is 8.03. The lowest BCUT2D eigenvalue weighted by molar-refractivity contribution is -0.125. The first kappa shape index (κ1) is 18.2. The van der Waals surface area contributed by atoms with Gasteiger partial charge in [-0.25, -0.2) is 0 Å². The van der Waals surface area contributed by atoms with Crippen molar-refractivity contribution in [2.24, 2.45) is 5.92 Å². The summed E-state index contributed by atoms with van der Waals surface area (Å²) in [6, 6.07) is 6.06. The van der Waals surface area contributed by atoms with Crippen LogP contribution in [0, 0.1) is 19.8 Å². The van der Waals surface area contributed by atoms with Crippen molar-refractivity contribution in [1.82, 2.24) is 5.32 Å². The van der Waals surface area contributed by atoms with Crippen molar-refractivity contribution in [2.75, 3.05) is 18.0 Å². The van der Waals surface area contributed by atoms with Crippen LogP contribution in [0.3, 0.4) is 0 Å². The zero-order valence-corrected chi connectivity index (χ0v) is 14.4. The normalized spacial score (nSPS) is 10.6. The SMILES string of the molecule is CCC(CC)C(=O)NCCN(C(C)=O)c1cc(C)ccc1C. The van der Waals surface area contributed by atoms with Crippen molar-refractivity contribution < 1.29 is 9.59 Å². The lowest BCUT2D eigenvalue weighted by Gasteiger charge is -2.24. The van der Waals surface area contributed by atoms with E-state index in [1.807, 2.05) is 45.9 Å². The second-order valence-corrected chi connectivity index (χ2v) is 5.77. The minimum Gasteiger partial charge on any atom is -0.354 e. The third kappa shape index (κ3) is 4.86. The molecule has 0 spiro atoms. The molecule has 0 heterocycles. The topological polar surface area (TPSA) is 49.4 Å². The number of hydrogen-bond acceptors (Lipinski definition) is 2. The molecule has 22 heavy (non-hydrogen) atoms. The standard InChI is InChI=1S/C18H28N2O2/c1-6-16(7-2)18(22)19-10-11-20(15(5)21)17-12-13(3)8-9-14(17)4/h8-9,12,16H,6-7,10-11H2,1-5H3,(H,19,22). The zero-order chi connectivity index (χ0) is 16.7. The third-order valence-electron chi connectivity index (χ3n) is 4.03. The van der Waals surface area contributed by atoms with E-state index in [1.54, 1.807) is 11.8 Å². The van der Waals surface area contributed by atoms with Crippen LogP contribution in [0.15, 0.2) is 18.2 Å². The van der Waals surface area contributed by atoms with Gasteiger partial charge in [0.1, 0.15) is 0 Å². The minimum atomic E-state index is -0.00881. The number of carbonyl (C=O) groups excluding carboxylic acids is 2. The molecule has 2 amide bonds. The summed E-state index contributed by atoms with van der Waals surface area (Å²) in [6.45, 7) is 10.6. The number of nitrogens with zero attached hydrogens (tertiary/aromatic N) is 1. The zero-order valence-electron chi connectivity index (χ0n) is 14.4. The summed E-state index contributed by atoms with van der Waals surface area (Å²) in [7, 11) is 0. The Bertz CT molecular complexity index is 522. The number of benzene rings is 1. The van der Waals surface area contributed by atoms with Gasteiger partial charge in [0, 0.05) is 31.6 Å². The van der Waals surface area contributed by atoms with E-state index in [4.69, 9.17) is 0 Å². The molecule has 4 heteroatoms. The van der Waals surface area contributed by atoms with Crippen LogP contribution in [0.2, 0.25) is 0 Å². The molecule has 0 aliphatic heterocycles. The Labute approximate surface area is 133 Å². The molecule has 0 saturated heterocycles. The van der Waals surface area contributed by atoms with Gasteiger partial charge in [0.05, 0.1) is 0 Å². The fraction of sp³-hybridized carbons (Fsp3) is 0.556. The number of amides is 2. The molecule has 0 radical (unpaired) electrons. The fourth-order valence-corrected chi connectivity index (χ4v) is 2.55. The highest BCUT2D eigenvalue weighted by Crippen LogP contribution is 2.21. The molecule has 4 nitrogen and oxygen atoms in total. The number of anilines is 1. The van der Waals surface area contributed by atoms with Crippen LogP contribution in [0.5, 0.6) is 0 Å². The number of rotatable bonds is 7. The predicted molar refractivity (Wildman–Crippen MR) is 91.0 cm³/mol. The summed E-state index contributed by atoms with van der Waals surface area (Å²) in [5.41, 5.74) is 3.10. The molecule has 0 bridgehead atoms. The van der Waals surface area contributed by atoms with E-state index in [0.29, 0.717) is 13.1 Å². The molecule has 0 unspecified atom stereocenters. The highest BCUT2D eigenvalue weighted by Gasteiger charge is 2.16. The number of carbonyl (C=O) groups is 2.